The summed E-state index contributed by atoms with van der Waals surface area (Å²) in [5.74, 6) is 0. The average Bonchev–Trinajstić information content (AvgIpc) is 3.28. The van der Waals surface area contributed by atoms with Crippen LogP contribution in [0.4, 0.5) is 0 Å². The first-order chi connectivity index (χ1) is 17.5. The van der Waals surface area contributed by atoms with Gasteiger partial charge in [0.25, 0.3) is 5.56 Å². The second-order valence-corrected chi connectivity index (χ2v) is 9.00. The number of hydrogen-bond donors (Lipinski definition) is 3. The average molecular weight is 485 g/mol. The number of aliphatic hydroxyl groups excluding tert-OH is 1. The maximum Gasteiger partial charge on any atom is 0.325 e. The van der Waals surface area contributed by atoms with Gasteiger partial charge in [0, 0.05) is 12.0 Å². The standard InChI is InChI=1S/C29H28N2O5/c1-19-26(30-28(34)31-27(19)33)24-17-23(32)25(36-24)18-35-29(20-11-5-2-6-12-20,21-13-7-3-8-14-21)22-15-9-4-10-16-22/h2-16,23-25,32H,17-18H2,1H3,(H2,30,31,33,34)/t23-,24+,25-/m1/s1. The van der Waals surface area contributed by atoms with Crippen molar-refractivity contribution in [2.75, 3.05) is 6.61 Å². The lowest BCUT2D eigenvalue weighted by Gasteiger charge is -2.37. The summed E-state index contributed by atoms with van der Waals surface area (Å²) in [4.78, 5) is 28.8. The van der Waals surface area contributed by atoms with Gasteiger partial charge < -0.3 is 19.6 Å². The molecule has 5 rings (SSSR count). The molecule has 0 unspecified atom stereocenters. The topological polar surface area (TPSA) is 104 Å². The Hall–Kier alpha value is -3.78. The van der Waals surface area contributed by atoms with Crippen LogP contribution in [0, 0.1) is 6.92 Å². The molecule has 36 heavy (non-hydrogen) atoms. The Labute approximate surface area is 208 Å². The fraction of sp³-hybridized carbons (Fsp3) is 0.241. The van der Waals surface area contributed by atoms with Crippen LogP contribution in [0.5, 0.6) is 0 Å². The Balaban J connectivity index is 1.51. The molecule has 1 aliphatic rings. The molecule has 2 heterocycles. The Morgan fingerprint density at radius 2 is 1.36 bits per heavy atom. The first-order valence-corrected chi connectivity index (χ1v) is 12.0. The SMILES string of the molecule is Cc1c([C@@H]2C[C@@H](O)[C@@H](COC(c3ccccc3)(c3ccccc3)c3ccccc3)O2)[nH]c(=O)[nH]c1=O. The van der Waals surface area contributed by atoms with Gasteiger partial charge in [-0.05, 0) is 23.6 Å². The number of benzene rings is 3. The smallest absolute Gasteiger partial charge is 0.325 e. The molecule has 0 radical (unpaired) electrons. The lowest BCUT2D eigenvalue weighted by atomic mass is 9.80. The summed E-state index contributed by atoms with van der Waals surface area (Å²) < 4.78 is 12.9. The second kappa shape index (κ2) is 10.1. The number of ether oxygens (including phenoxy) is 2. The third-order valence-electron chi connectivity index (χ3n) is 6.77. The summed E-state index contributed by atoms with van der Waals surface area (Å²) in [5.41, 5.74) is 1.56. The van der Waals surface area contributed by atoms with Gasteiger partial charge in [-0.1, -0.05) is 91.0 Å². The number of nitrogens with one attached hydrogen (secondary N) is 2. The predicted molar refractivity (Wildman–Crippen MR) is 136 cm³/mol. The van der Waals surface area contributed by atoms with Crippen molar-refractivity contribution in [2.24, 2.45) is 0 Å². The van der Waals surface area contributed by atoms with E-state index < -0.39 is 35.2 Å². The summed E-state index contributed by atoms with van der Waals surface area (Å²) in [5, 5.41) is 10.9. The Morgan fingerprint density at radius 1 is 0.861 bits per heavy atom. The molecule has 0 aliphatic carbocycles. The third-order valence-corrected chi connectivity index (χ3v) is 6.77. The van der Waals surface area contributed by atoms with E-state index in [4.69, 9.17) is 9.47 Å². The first-order valence-electron chi connectivity index (χ1n) is 12.0. The van der Waals surface area contributed by atoms with E-state index in [1.54, 1.807) is 6.92 Å². The van der Waals surface area contributed by atoms with Crippen LogP contribution in [0.3, 0.4) is 0 Å². The molecule has 7 heteroatoms. The zero-order chi connectivity index (χ0) is 25.1. The minimum absolute atomic E-state index is 0.0861. The molecule has 0 spiro atoms. The molecule has 1 saturated heterocycles. The van der Waals surface area contributed by atoms with E-state index in [-0.39, 0.29) is 13.0 Å². The van der Waals surface area contributed by atoms with Crippen LogP contribution >= 0.6 is 0 Å². The highest BCUT2D eigenvalue weighted by molar-refractivity contribution is 5.47. The van der Waals surface area contributed by atoms with E-state index in [0.29, 0.717) is 11.3 Å². The third kappa shape index (κ3) is 4.44. The predicted octanol–water partition coefficient (Wildman–Crippen LogP) is 3.57. The van der Waals surface area contributed by atoms with Gasteiger partial charge in [-0.25, -0.2) is 4.79 Å². The molecule has 3 atom stereocenters. The molecule has 0 amide bonds. The fourth-order valence-corrected chi connectivity index (χ4v) is 4.93. The van der Waals surface area contributed by atoms with Crippen LogP contribution in [0.25, 0.3) is 0 Å². The van der Waals surface area contributed by atoms with E-state index in [9.17, 15) is 14.7 Å². The molecule has 4 aromatic rings. The highest BCUT2D eigenvalue weighted by atomic mass is 16.6. The number of rotatable bonds is 7. The molecule has 1 aromatic heterocycles. The molecule has 184 valence electrons. The van der Waals surface area contributed by atoms with Crippen LogP contribution in [0.2, 0.25) is 0 Å². The lowest BCUT2D eigenvalue weighted by molar-refractivity contribution is -0.0833. The number of hydrogen-bond acceptors (Lipinski definition) is 5. The number of aliphatic hydroxyl groups is 1. The van der Waals surface area contributed by atoms with Gasteiger partial charge in [0.1, 0.15) is 17.8 Å². The van der Waals surface area contributed by atoms with Crippen molar-refractivity contribution in [1.29, 1.82) is 0 Å². The van der Waals surface area contributed by atoms with Crippen LogP contribution < -0.4 is 11.2 Å². The van der Waals surface area contributed by atoms with Gasteiger partial charge in [0.15, 0.2) is 0 Å². The van der Waals surface area contributed by atoms with Crippen molar-refractivity contribution >= 4 is 0 Å². The maximum atomic E-state index is 12.1. The van der Waals surface area contributed by atoms with E-state index in [0.717, 1.165) is 16.7 Å². The number of aromatic amines is 2. The summed E-state index contributed by atoms with van der Waals surface area (Å²) in [6.07, 6.45) is -1.88. The summed E-state index contributed by atoms with van der Waals surface area (Å²) in [6, 6.07) is 29.9. The molecule has 1 fully saturated rings. The van der Waals surface area contributed by atoms with Gasteiger partial charge in [-0.3, -0.25) is 9.78 Å². The van der Waals surface area contributed by atoms with Crippen molar-refractivity contribution in [1.82, 2.24) is 9.97 Å². The Morgan fingerprint density at radius 3 is 1.86 bits per heavy atom. The van der Waals surface area contributed by atoms with Gasteiger partial charge in [0.2, 0.25) is 0 Å². The number of H-pyrrole nitrogens is 2. The minimum Gasteiger partial charge on any atom is -0.390 e. The van der Waals surface area contributed by atoms with Gasteiger partial charge in [-0.2, -0.15) is 0 Å². The molecule has 3 N–H and O–H groups in total. The summed E-state index contributed by atoms with van der Waals surface area (Å²) >= 11 is 0. The molecule has 0 bridgehead atoms. The highest BCUT2D eigenvalue weighted by Gasteiger charge is 2.42. The zero-order valence-corrected chi connectivity index (χ0v) is 19.9. The van der Waals surface area contributed by atoms with Crippen LogP contribution in [-0.4, -0.2) is 33.9 Å². The second-order valence-electron chi connectivity index (χ2n) is 9.00. The fourth-order valence-electron chi connectivity index (χ4n) is 4.93. The van der Waals surface area contributed by atoms with Crippen LogP contribution in [0.1, 0.15) is 40.5 Å². The van der Waals surface area contributed by atoms with Gasteiger partial charge in [-0.15, -0.1) is 0 Å². The lowest BCUT2D eigenvalue weighted by Crippen LogP contribution is -2.38. The van der Waals surface area contributed by atoms with E-state index >= 15 is 0 Å². The van der Waals surface area contributed by atoms with Crippen molar-refractivity contribution in [3.8, 4) is 0 Å². The molecule has 7 nitrogen and oxygen atoms in total. The van der Waals surface area contributed by atoms with Crippen LogP contribution in [-0.2, 0) is 15.1 Å². The van der Waals surface area contributed by atoms with E-state index in [1.165, 1.54) is 0 Å². The van der Waals surface area contributed by atoms with E-state index in [1.807, 2.05) is 91.0 Å². The molecule has 1 aliphatic heterocycles. The van der Waals surface area contributed by atoms with Crippen molar-refractivity contribution < 1.29 is 14.6 Å². The first kappa shape index (κ1) is 23.9. The van der Waals surface area contributed by atoms with Crippen molar-refractivity contribution in [3.05, 3.63) is 140 Å². The maximum absolute atomic E-state index is 12.1. The Bertz CT molecular complexity index is 1320. The number of aromatic nitrogens is 2. The van der Waals surface area contributed by atoms with E-state index in [2.05, 4.69) is 9.97 Å². The quantitative estimate of drug-likeness (QED) is 0.348. The molecule has 3 aromatic carbocycles. The molecular formula is C29H28N2O5. The summed E-state index contributed by atoms with van der Waals surface area (Å²) in [7, 11) is 0. The zero-order valence-electron chi connectivity index (χ0n) is 19.9. The molecular weight excluding hydrogens is 456 g/mol. The highest BCUT2D eigenvalue weighted by Crippen LogP contribution is 2.42. The summed E-state index contributed by atoms with van der Waals surface area (Å²) in [6.45, 7) is 1.71. The monoisotopic (exact) mass is 484 g/mol. The largest absolute Gasteiger partial charge is 0.390 e. The van der Waals surface area contributed by atoms with Crippen molar-refractivity contribution in [2.45, 2.75) is 37.3 Å². The van der Waals surface area contributed by atoms with Crippen molar-refractivity contribution in [3.63, 3.8) is 0 Å². The van der Waals surface area contributed by atoms with Gasteiger partial charge >= 0.3 is 5.69 Å². The Kier molecular flexibility index (Phi) is 6.69. The van der Waals surface area contributed by atoms with Crippen LogP contribution in [0.15, 0.2) is 101 Å². The van der Waals surface area contributed by atoms with Gasteiger partial charge in [0.05, 0.1) is 18.4 Å². The molecule has 0 saturated carbocycles. The normalized spacial score (nSPS) is 19.9. The minimum atomic E-state index is -0.945.